The molecule has 138 valence electrons. The predicted molar refractivity (Wildman–Crippen MR) is 103 cm³/mol. The van der Waals surface area contributed by atoms with Gasteiger partial charge < -0.3 is 9.47 Å². The van der Waals surface area contributed by atoms with Gasteiger partial charge in [-0.1, -0.05) is 38.1 Å². The van der Waals surface area contributed by atoms with Crippen LogP contribution in [0.3, 0.4) is 0 Å². The van der Waals surface area contributed by atoms with Crippen LogP contribution in [0.5, 0.6) is 11.5 Å². The molecule has 0 fully saturated rings. The first kappa shape index (κ1) is 18.3. The first-order valence-electron chi connectivity index (χ1n) is 9.18. The summed E-state index contributed by atoms with van der Waals surface area (Å²) in [7, 11) is 0. The number of benzene rings is 2. The minimum absolute atomic E-state index is 0.0206. The Bertz CT molecular complexity index is 765. The number of hydrogen-bond donors (Lipinski definition) is 0. The van der Waals surface area contributed by atoms with Crippen molar-refractivity contribution in [2.75, 3.05) is 13.2 Å². The van der Waals surface area contributed by atoms with Gasteiger partial charge in [-0.2, -0.15) is 0 Å². The molecule has 0 radical (unpaired) electrons. The van der Waals surface area contributed by atoms with Gasteiger partial charge in [-0.25, -0.2) is 0 Å². The number of para-hydroxylation sites is 1. The molecule has 2 aromatic rings. The van der Waals surface area contributed by atoms with Crippen molar-refractivity contribution in [2.24, 2.45) is 5.92 Å². The summed E-state index contributed by atoms with van der Waals surface area (Å²) in [5, 5.41) is 0. The molecule has 26 heavy (non-hydrogen) atoms. The number of carbonyl (C=O) groups excluding carboxylic acids is 1. The summed E-state index contributed by atoms with van der Waals surface area (Å²) in [5.41, 5.74) is 1.21. The van der Waals surface area contributed by atoms with E-state index in [9.17, 15) is 4.79 Å². The van der Waals surface area contributed by atoms with Gasteiger partial charge in [0.15, 0.2) is 5.72 Å². The van der Waals surface area contributed by atoms with Crippen LogP contribution in [0.4, 0.5) is 0 Å². The monoisotopic (exact) mass is 353 g/mol. The standard InChI is InChI=1S/C22H27NO3/c1-16(2)15-17-9-11-18(12-10-17)25-14-13-23-21(24)19-7-5-6-8-20(19)26-22(23,3)4/h5-12,16H,13-15H2,1-4H3. The summed E-state index contributed by atoms with van der Waals surface area (Å²) in [4.78, 5) is 14.5. The fraction of sp³-hybridized carbons (Fsp3) is 0.409. The fourth-order valence-corrected chi connectivity index (χ4v) is 3.27. The quantitative estimate of drug-likeness (QED) is 0.765. The highest BCUT2D eigenvalue weighted by Gasteiger charge is 2.39. The molecular weight excluding hydrogens is 326 g/mol. The molecule has 0 saturated carbocycles. The van der Waals surface area contributed by atoms with Crippen molar-refractivity contribution in [3.05, 3.63) is 59.7 Å². The topological polar surface area (TPSA) is 38.8 Å². The molecular formula is C22H27NO3. The number of fused-ring (bicyclic) bond motifs is 1. The summed E-state index contributed by atoms with van der Waals surface area (Å²) >= 11 is 0. The molecule has 1 aliphatic heterocycles. The lowest BCUT2D eigenvalue weighted by Crippen LogP contribution is -2.55. The number of rotatable bonds is 6. The Morgan fingerprint density at radius 2 is 1.77 bits per heavy atom. The van der Waals surface area contributed by atoms with Crippen LogP contribution in [-0.2, 0) is 6.42 Å². The maximum atomic E-state index is 12.8. The van der Waals surface area contributed by atoms with Crippen LogP contribution >= 0.6 is 0 Å². The molecule has 0 N–H and O–H groups in total. The Labute approximate surface area is 155 Å². The molecule has 3 rings (SSSR count). The molecule has 0 aromatic heterocycles. The van der Waals surface area contributed by atoms with Crippen LogP contribution in [0, 0.1) is 5.92 Å². The molecule has 0 spiro atoms. The van der Waals surface area contributed by atoms with E-state index in [2.05, 4.69) is 26.0 Å². The van der Waals surface area contributed by atoms with E-state index in [4.69, 9.17) is 9.47 Å². The van der Waals surface area contributed by atoms with Crippen molar-refractivity contribution in [2.45, 2.75) is 39.8 Å². The molecule has 0 atom stereocenters. The molecule has 1 heterocycles. The first-order chi connectivity index (χ1) is 12.4. The molecule has 4 heteroatoms. The lowest BCUT2D eigenvalue weighted by atomic mass is 10.0. The Balaban J connectivity index is 1.61. The highest BCUT2D eigenvalue weighted by atomic mass is 16.5. The molecule has 1 amide bonds. The molecule has 0 bridgehead atoms. The van der Waals surface area contributed by atoms with Crippen molar-refractivity contribution in [3.8, 4) is 11.5 Å². The van der Waals surface area contributed by atoms with E-state index < -0.39 is 5.72 Å². The van der Waals surface area contributed by atoms with Gasteiger partial charge in [0.25, 0.3) is 5.91 Å². The molecule has 0 unspecified atom stereocenters. The third-order valence-electron chi connectivity index (χ3n) is 4.52. The average molecular weight is 353 g/mol. The normalized spacial score (nSPS) is 15.6. The zero-order chi connectivity index (χ0) is 18.7. The van der Waals surface area contributed by atoms with Crippen molar-refractivity contribution < 1.29 is 14.3 Å². The van der Waals surface area contributed by atoms with Crippen molar-refractivity contribution in [3.63, 3.8) is 0 Å². The van der Waals surface area contributed by atoms with E-state index in [1.165, 1.54) is 5.56 Å². The largest absolute Gasteiger partial charge is 0.492 e. The van der Waals surface area contributed by atoms with E-state index in [0.717, 1.165) is 12.2 Å². The second-order valence-electron chi connectivity index (χ2n) is 7.59. The molecule has 4 nitrogen and oxygen atoms in total. The Morgan fingerprint density at radius 1 is 1.08 bits per heavy atom. The summed E-state index contributed by atoms with van der Waals surface area (Å²) in [6, 6.07) is 15.6. The van der Waals surface area contributed by atoms with Gasteiger partial charge >= 0.3 is 0 Å². The molecule has 2 aromatic carbocycles. The lowest BCUT2D eigenvalue weighted by molar-refractivity contribution is -0.0531. The summed E-state index contributed by atoms with van der Waals surface area (Å²) < 4.78 is 11.9. The van der Waals surface area contributed by atoms with E-state index in [1.54, 1.807) is 11.0 Å². The second-order valence-corrected chi connectivity index (χ2v) is 7.59. The van der Waals surface area contributed by atoms with Gasteiger partial charge in [0.05, 0.1) is 12.1 Å². The van der Waals surface area contributed by atoms with Gasteiger partial charge in [0.2, 0.25) is 0 Å². The van der Waals surface area contributed by atoms with E-state index in [1.807, 2.05) is 44.2 Å². The molecule has 0 aliphatic carbocycles. The zero-order valence-corrected chi connectivity index (χ0v) is 16.0. The van der Waals surface area contributed by atoms with Crippen molar-refractivity contribution >= 4 is 5.91 Å². The van der Waals surface area contributed by atoms with Gasteiger partial charge in [-0.3, -0.25) is 9.69 Å². The van der Waals surface area contributed by atoms with Crippen LogP contribution in [0.25, 0.3) is 0 Å². The Kier molecular flexibility index (Phi) is 5.21. The second kappa shape index (κ2) is 7.40. The first-order valence-corrected chi connectivity index (χ1v) is 9.18. The van der Waals surface area contributed by atoms with Gasteiger partial charge in [-0.05, 0) is 56.0 Å². The van der Waals surface area contributed by atoms with Crippen LogP contribution < -0.4 is 9.47 Å². The number of amides is 1. The Hall–Kier alpha value is -2.49. The fourth-order valence-electron chi connectivity index (χ4n) is 3.27. The SMILES string of the molecule is CC(C)Cc1ccc(OCCN2C(=O)c3ccccc3OC2(C)C)cc1. The predicted octanol–water partition coefficient (Wildman–Crippen LogP) is 4.53. The highest BCUT2D eigenvalue weighted by Crippen LogP contribution is 2.32. The summed E-state index contributed by atoms with van der Waals surface area (Å²) in [5.74, 6) is 2.08. The van der Waals surface area contributed by atoms with E-state index >= 15 is 0 Å². The third kappa shape index (κ3) is 4.01. The van der Waals surface area contributed by atoms with Crippen LogP contribution in [0.2, 0.25) is 0 Å². The maximum absolute atomic E-state index is 12.8. The minimum atomic E-state index is -0.698. The van der Waals surface area contributed by atoms with Gasteiger partial charge in [-0.15, -0.1) is 0 Å². The van der Waals surface area contributed by atoms with Crippen molar-refractivity contribution in [1.82, 2.24) is 4.90 Å². The van der Waals surface area contributed by atoms with Crippen molar-refractivity contribution in [1.29, 1.82) is 0 Å². The number of carbonyl (C=O) groups is 1. The Morgan fingerprint density at radius 3 is 2.46 bits per heavy atom. The highest BCUT2D eigenvalue weighted by molar-refractivity contribution is 5.98. The molecule has 1 aliphatic rings. The average Bonchev–Trinajstić information content (AvgIpc) is 2.58. The number of ether oxygens (including phenoxy) is 2. The molecule has 0 saturated heterocycles. The summed E-state index contributed by atoms with van der Waals surface area (Å²) in [6.07, 6.45) is 1.06. The number of hydrogen-bond acceptors (Lipinski definition) is 3. The smallest absolute Gasteiger partial charge is 0.260 e. The van der Waals surface area contributed by atoms with E-state index in [0.29, 0.717) is 30.4 Å². The van der Waals surface area contributed by atoms with Crippen LogP contribution in [-0.4, -0.2) is 29.7 Å². The lowest BCUT2D eigenvalue weighted by Gasteiger charge is -2.42. The maximum Gasteiger partial charge on any atom is 0.260 e. The van der Waals surface area contributed by atoms with Crippen LogP contribution in [0.15, 0.2) is 48.5 Å². The minimum Gasteiger partial charge on any atom is -0.492 e. The summed E-state index contributed by atoms with van der Waals surface area (Å²) in [6.45, 7) is 9.12. The van der Waals surface area contributed by atoms with Gasteiger partial charge in [0, 0.05) is 0 Å². The zero-order valence-electron chi connectivity index (χ0n) is 16.0. The van der Waals surface area contributed by atoms with Gasteiger partial charge in [0.1, 0.15) is 18.1 Å². The third-order valence-corrected chi connectivity index (χ3v) is 4.52. The van der Waals surface area contributed by atoms with E-state index in [-0.39, 0.29) is 5.91 Å². The number of nitrogens with zero attached hydrogens (tertiary/aromatic N) is 1. The van der Waals surface area contributed by atoms with Crippen LogP contribution in [0.1, 0.15) is 43.6 Å².